The lowest BCUT2D eigenvalue weighted by molar-refractivity contribution is 0.775. The van der Waals surface area contributed by atoms with E-state index < -0.39 is 0 Å². The first-order valence-electron chi connectivity index (χ1n) is 6.47. The fourth-order valence-corrected chi connectivity index (χ4v) is 1.91. The normalized spacial score (nSPS) is 11.0. The Balaban J connectivity index is 1.87. The molecule has 0 aliphatic rings. The molecule has 6 nitrogen and oxygen atoms in total. The molecule has 2 heterocycles. The van der Waals surface area contributed by atoms with Crippen LogP contribution in [0.1, 0.15) is 17.0 Å². The Labute approximate surface area is 120 Å². The minimum Gasteiger partial charge on any atom is -0.265 e. The number of benzene rings is 1. The topological polar surface area (TPSA) is 75.9 Å². The van der Waals surface area contributed by atoms with Gasteiger partial charge in [0.05, 0.1) is 6.21 Å². The number of H-pyrrole nitrogens is 1. The molecule has 104 valence electrons. The second-order valence-electron chi connectivity index (χ2n) is 4.44. The van der Waals surface area contributed by atoms with Crippen LogP contribution in [-0.2, 0) is 6.42 Å². The first-order valence-corrected chi connectivity index (χ1v) is 6.47. The van der Waals surface area contributed by atoms with Crippen LogP contribution in [0.2, 0.25) is 0 Å². The molecule has 0 spiro atoms. The first kappa shape index (κ1) is 13.0. The van der Waals surface area contributed by atoms with Gasteiger partial charge >= 0.3 is 5.69 Å². The van der Waals surface area contributed by atoms with Crippen LogP contribution in [0.4, 0.5) is 0 Å². The van der Waals surface area contributed by atoms with Gasteiger partial charge in [-0.2, -0.15) is 14.9 Å². The molecule has 2 aromatic heterocycles. The van der Waals surface area contributed by atoms with E-state index in [1.54, 1.807) is 18.6 Å². The Morgan fingerprint density at radius 3 is 2.67 bits per heavy atom. The summed E-state index contributed by atoms with van der Waals surface area (Å²) in [5, 5.41) is 10.6. The number of aromatic nitrogens is 4. The molecule has 0 aliphatic carbocycles. The molecular weight excluding hydrogens is 266 g/mol. The van der Waals surface area contributed by atoms with Crippen molar-refractivity contribution in [3.05, 3.63) is 82.3 Å². The molecule has 0 fully saturated rings. The molecule has 0 saturated heterocycles. The standard InChI is InChI=1S/C15H13N5O/c21-15-19-18-14(10-12-4-2-1-3-5-12)20(15)17-11-13-6-8-16-9-7-13/h1-9,11H,10H2,(H,19,21)/b17-11+. The van der Waals surface area contributed by atoms with E-state index in [-0.39, 0.29) is 5.69 Å². The number of rotatable bonds is 4. The van der Waals surface area contributed by atoms with E-state index in [0.29, 0.717) is 12.2 Å². The fourth-order valence-electron chi connectivity index (χ4n) is 1.91. The molecule has 21 heavy (non-hydrogen) atoms. The predicted octanol–water partition coefficient (Wildman–Crippen LogP) is 1.44. The van der Waals surface area contributed by atoms with Crippen molar-refractivity contribution in [3.8, 4) is 0 Å². The molecule has 1 aromatic carbocycles. The van der Waals surface area contributed by atoms with E-state index in [1.807, 2.05) is 42.5 Å². The van der Waals surface area contributed by atoms with Gasteiger partial charge in [-0.1, -0.05) is 30.3 Å². The monoisotopic (exact) mass is 279 g/mol. The summed E-state index contributed by atoms with van der Waals surface area (Å²) in [7, 11) is 0. The third-order valence-electron chi connectivity index (χ3n) is 2.95. The molecule has 3 aromatic rings. The lowest BCUT2D eigenvalue weighted by Crippen LogP contribution is -2.15. The Bertz CT molecular complexity index is 790. The first-order chi connectivity index (χ1) is 10.3. The molecule has 6 heteroatoms. The van der Waals surface area contributed by atoms with Crippen LogP contribution in [-0.4, -0.2) is 26.1 Å². The smallest absolute Gasteiger partial charge is 0.265 e. The summed E-state index contributed by atoms with van der Waals surface area (Å²) < 4.78 is 1.27. The van der Waals surface area contributed by atoms with E-state index >= 15 is 0 Å². The molecule has 0 unspecified atom stereocenters. The van der Waals surface area contributed by atoms with Crippen LogP contribution < -0.4 is 5.69 Å². The highest BCUT2D eigenvalue weighted by Crippen LogP contribution is 2.05. The van der Waals surface area contributed by atoms with Crippen molar-refractivity contribution in [2.24, 2.45) is 5.10 Å². The van der Waals surface area contributed by atoms with Crippen LogP contribution in [0.3, 0.4) is 0 Å². The maximum Gasteiger partial charge on any atom is 0.364 e. The lowest BCUT2D eigenvalue weighted by atomic mass is 10.1. The number of aromatic amines is 1. The maximum absolute atomic E-state index is 11.8. The summed E-state index contributed by atoms with van der Waals surface area (Å²) in [4.78, 5) is 15.7. The van der Waals surface area contributed by atoms with Gasteiger partial charge in [0.1, 0.15) is 0 Å². The van der Waals surface area contributed by atoms with Crippen molar-refractivity contribution in [3.63, 3.8) is 0 Å². The van der Waals surface area contributed by atoms with Crippen LogP contribution in [0.15, 0.2) is 64.8 Å². The summed E-state index contributed by atoms with van der Waals surface area (Å²) >= 11 is 0. The largest absolute Gasteiger partial charge is 0.364 e. The van der Waals surface area contributed by atoms with Gasteiger partial charge in [-0.3, -0.25) is 4.98 Å². The zero-order valence-electron chi connectivity index (χ0n) is 11.2. The molecular formula is C15H13N5O. The number of hydrogen-bond donors (Lipinski definition) is 1. The molecule has 0 saturated carbocycles. The molecule has 0 amide bonds. The van der Waals surface area contributed by atoms with Crippen molar-refractivity contribution in [2.75, 3.05) is 0 Å². The maximum atomic E-state index is 11.8. The molecule has 0 bridgehead atoms. The minimum absolute atomic E-state index is 0.355. The average Bonchev–Trinajstić information content (AvgIpc) is 2.87. The van der Waals surface area contributed by atoms with Gasteiger partial charge in [0.2, 0.25) is 0 Å². The van der Waals surface area contributed by atoms with E-state index in [0.717, 1.165) is 11.1 Å². The van der Waals surface area contributed by atoms with Gasteiger partial charge < -0.3 is 0 Å². The summed E-state index contributed by atoms with van der Waals surface area (Å²) in [6.45, 7) is 0. The SMILES string of the molecule is O=c1[nH]nc(Cc2ccccc2)n1/N=C/c1ccncc1. The van der Waals surface area contributed by atoms with Crippen molar-refractivity contribution in [1.29, 1.82) is 0 Å². The van der Waals surface area contributed by atoms with Crippen molar-refractivity contribution in [2.45, 2.75) is 6.42 Å². The summed E-state index contributed by atoms with van der Waals surface area (Å²) in [6.07, 6.45) is 5.48. The predicted molar refractivity (Wildman–Crippen MR) is 79.3 cm³/mol. The van der Waals surface area contributed by atoms with Crippen LogP contribution >= 0.6 is 0 Å². The summed E-state index contributed by atoms with van der Waals surface area (Å²) in [6, 6.07) is 13.4. The number of nitrogens with zero attached hydrogens (tertiary/aromatic N) is 4. The Morgan fingerprint density at radius 2 is 1.90 bits per heavy atom. The molecule has 0 atom stereocenters. The highest BCUT2D eigenvalue weighted by molar-refractivity contribution is 5.78. The van der Waals surface area contributed by atoms with Crippen LogP contribution in [0.25, 0.3) is 0 Å². The molecule has 0 aliphatic heterocycles. The molecule has 3 rings (SSSR count). The van der Waals surface area contributed by atoms with Gasteiger partial charge in [0.25, 0.3) is 0 Å². The van der Waals surface area contributed by atoms with Gasteiger partial charge in [-0.05, 0) is 23.3 Å². The average molecular weight is 279 g/mol. The quantitative estimate of drug-likeness (QED) is 0.734. The van der Waals surface area contributed by atoms with Crippen LogP contribution in [0, 0.1) is 0 Å². The third-order valence-corrected chi connectivity index (χ3v) is 2.95. The number of nitrogens with one attached hydrogen (secondary N) is 1. The van der Waals surface area contributed by atoms with Crippen molar-refractivity contribution >= 4 is 6.21 Å². The summed E-state index contributed by atoms with van der Waals surface area (Å²) in [5.74, 6) is 0.566. The highest BCUT2D eigenvalue weighted by atomic mass is 16.2. The number of hydrogen-bond acceptors (Lipinski definition) is 4. The lowest BCUT2D eigenvalue weighted by Gasteiger charge is -2.00. The Morgan fingerprint density at radius 1 is 1.14 bits per heavy atom. The van der Waals surface area contributed by atoms with Crippen molar-refractivity contribution < 1.29 is 0 Å². The van der Waals surface area contributed by atoms with Crippen LogP contribution in [0.5, 0.6) is 0 Å². The highest BCUT2D eigenvalue weighted by Gasteiger charge is 2.07. The third kappa shape index (κ3) is 3.11. The second-order valence-corrected chi connectivity index (χ2v) is 4.44. The Kier molecular flexibility index (Phi) is 3.68. The van der Waals surface area contributed by atoms with E-state index in [9.17, 15) is 4.79 Å². The van der Waals surface area contributed by atoms with Gasteiger partial charge in [-0.25, -0.2) is 9.89 Å². The van der Waals surface area contributed by atoms with E-state index in [4.69, 9.17) is 0 Å². The van der Waals surface area contributed by atoms with Gasteiger partial charge in [-0.15, -0.1) is 0 Å². The second kappa shape index (κ2) is 5.96. The minimum atomic E-state index is -0.355. The molecule has 1 N–H and O–H groups in total. The van der Waals surface area contributed by atoms with E-state index in [2.05, 4.69) is 20.3 Å². The van der Waals surface area contributed by atoms with Gasteiger partial charge in [0, 0.05) is 18.8 Å². The van der Waals surface area contributed by atoms with Crippen molar-refractivity contribution in [1.82, 2.24) is 19.9 Å². The molecule has 0 radical (unpaired) electrons. The van der Waals surface area contributed by atoms with E-state index in [1.165, 1.54) is 4.68 Å². The summed E-state index contributed by atoms with van der Waals surface area (Å²) in [5.41, 5.74) is 1.58. The Hall–Kier alpha value is -3.02. The fraction of sp³-hybridized carbons (Fsp3) is 0.0667. The zero-order valence-corrected chi connectivity index (χ0v) is 11.2. The number of pyridine rings is 1. The van der Waals surface area contributed by atoms with Gasteiger partial charge in [0.15, 0.2) is 5.82 Å². The zero-order chi connectivity index (χ0) is 14.5.